The summed E-state index contributed by atoms with van der Waals surface area (Å²) in [5.41, 5.74) is 1.36. The molecule has 0 radical (unpaired) electrons. The third kappa shape index (κ3) is 4.58. The Labute approximate surface area is 195 Å². The Morgan fingerprint density at radius 2 is 1.97 bits per heavy atom. The number of carbonyl (C=O) groups excluding carboxylic acids is 1. The number of benzene rings is 1. The lowest BCUT2D eigenvalue weighted by Crippen LogP contribution is -2.40. The van der Waals surface area contributed by atoms with E-state index in [0.717, 1.165) is 11.1 Å². The molecule has 1 amide bonds. The molecule has 0 aliphatic carbocycles. The van der Waals surface area contributed by atoms with Crippen molar-refractivity contribution >= 4 is 17.5 Å². The Bertz CT molecular complexity index is 1260. The minimum absolute atomic E-state index is 0.133. The van der Waals surface area contributed by atoms with Crippen LogP contribution in [0.4, 0.5) is 0 Å². The summed E-state index contributed by atoms with van der Waals surface area (Å²) in [6.45, 7) is 4.46. The van der Waals surface area contributed by atoms with Crippen molar-refractivity contribution in [2.45, 2.75) is 19.3 Å². The second-order valence-corrected chi connectivity index (χ2v) is 7.96. The maximum Gasteiger partial charge on any atom is 0.316 e. The van der Waals surface area contributed by atoms with Crippen LogP contribution in [0, 0.1) is 0 Å². The zero-order valence-corrected chi connectivity index (χ0v) is 19.2. The minimum atomic E-state index is -0.804. The van der Waals surface area contributed by atoms with Gasteiger partial charge in [0.05, 0.1) is 23.9 Å². The summed E-state index contributed by atoms with van der Waals surface area (Å²) in [5.74, 6) is 0.289. The summed E-state index contributed by atoms with van der Waals surface area (Å²) in [7, 11) is 1.79. The van der Waals surface area contributed by atoms with Crippen molar-refractivity contribution < 1.29 is 14.1 Å². The molecule has 170 valence electrons. The highest BCUT2D eigenvalue weighted by molar-refractivity contribution is 6.29. The van der Waals surface area contributed by atoms with Crippen molar-refractivity contribution in [1.29, 1.82) is 0 Å². The fourth-order valence-corrected chi connectivity index (χ4v) is 3.67. The molecule has 0 aliphatic rings. The molecule has 0 saturated carbocycles. The Balaban J connectivity index is 1.63. The summed E-state index contributed by atoms with van der Waals surface area (Å²) in [5, 5.41) is 11.5. The molecule has 0 spiro atoms. The van der Waals surface area contributed by atoms with Crippen LogP contribution in [0.5, 0.6) is 5.88 Å². The van der Waals surface area contributed by atoms with E-state index in [2.05, 4.69) is 25.5 Å². The minimum Gasteiger partial charge on any atom is -0.478 e. The molecule has 4 aromatic rings. The van der Waals surface area contributed by atoms with Crippen LogP contribution in [0.2, 0.25) is 5.15 Å². The third-order valence-corrected chi connectivity index (χ3v) is 5.51. The number of amides is 1. The molecule has 0 aliphatic heterocycles. The van der Waals surface area contributed by atoms with Gasteiger partial charge in [-0.1, -0.05) is 53.2 Å². The van der Waals surface area contributed by atoms with Gasteiger partial charge in [0.2, 0.25) is 11.7 Å². The average molecular weight is 467 g/mol. The van der Waals surface area contributed by atoms with Gasteiger partial charge in [-0.15, -0.1) is 0 Å². The number of ether oxygens (including phenoxy) is 1. The first kappa shape index (κ1) is 22.5. The van der Waals surface area contributed by atoms with Crippen LogP contribution in [0.3, 0.4) is 0 Å². The maximum absolute atomic E-state index is 12.9. The summed E-state index contributed by atoms with van der Waals surface area (Å²) in [6.07, 6.45) is 1.71. The van der Waals surface area contributed by atoms with Crippen LogP contribution in [0.1, 0.15) is 35.8 Å². The maximum atomic E-state index is 12.9. The molecule has 0 saturated heterocycles. The topological polar surface area (TPSA) is 108 Å². The smallest absolute Gasteiger partial charge is 0.316 e. The summed E-state index contributed by atoms with van der Waals surface area (Å²) < 4.78 is 12.7. The lowest BCUT2D eigenvalue weighted by atomic mass is 9.80. The number of nitrogens with zero attached hydrogens (tertiary/aromatic N) is 5. The van der Waals surface area contributed by atoms with Crippen LogP contribution in [-0.4, -0.2) is 44.0 Å². The molecular weight excluding hydrogens is 444 g/mol. The van der Waals surface area contributed by atoms with Crippen molar-refractivity contribution in [3.8, 4) is 17.3 Å². The number of carbonyl (C=O) groups is 1. The average Bonchev–Trinajstić information content (AvgIpc) is 3.46. The van der Waals surface area contributed by atoms with Gasteiger partial charge in [-0.3, -0.25) is 4.79 Å². The molecule has 1 unspecified atom stereocenters. The van der Waals surface area contributed by atoms with Gasteiger partial charge in [0.25, 0.3) is 0 Å². The molecule has 10 heteroatoms. The highest BCUT2D eigenvalue weighted by Crippen LogP contribution is 2.36. The van der Waals surface area contributed by atoms with E-state index in [1.807, 2.05) is 56.3 Å². The SMILES string of the molecule is CCOc1c(C(C)(CNC(=O)c2nc(-c3ccccc3)no2)c2cccc(Cl)n2)cnn1C. The third-order valence-electron chi connectivity index (χ3n) is 5.30. The fraction of sp³-hybridized carbons (Fsp3) is 0.261. The molecule has 0 bridgehead atoms. The molecule has 3 heterocycles. The number of hydrogen-bond acceptors (Lipinski definition) is 7. The van der Waals surface area contributed by atoms with Crippen molar-refractivity contribution in [2.75, 3.05) is 13.2 Å². The molecule has 1 aromatic carbocycles. The first-order valence-electron chi connectivity index (χ1n) is 10.4. The number of rotatable bonds is 8. The second-order valence-electron chi connectivity index (χ2n) is 7.57. The number of hydrogen-bond donors (Lipinski definition) is 1. The van der Waals surface area contributed by atoms with Crippen molar-refractivity contribution in [3.63, 3.8) is 0 Å². The quantitative estimate of drug-likeness (QED) is 0.395. The van der Waals surface area contributed by atoms with Gasteiger partial charge in [-0.2, -0.15) is 10.1 Å². The first-order chi connectivity index (χ1) is 15.9. The van der Waals surface area contributed by atoms with E-state index in [4.69, 9.17) is 20.9 Å². The number of nitrogens with one attached hydrogen (secondary N) is 1. The number of aromatic nitrogens is 5. The lowest BCUT2D eigenvalue weighted by Gasteiger charge is -2.29. The van der Waals surface area contributed by atoms with E-state index in [1.165, 1.54) is 0 Å². The Hall–Kier alpha value is -3.72. The van der Waals surface area contributed by atoms with Crippen LogP contribution >= 0.6 is 11.6 Å². The van der Waals surface area contributed by atoms with Gasteiger partial charge in [0.15, 0.2) is 0 Å². The molecule has 1 atom stereocenters. The number of halogens is 1. The molecule has 33 heavy (non-hydrogen) atoms. The van der Waals surface area contributed by atoms with Crippen LogP contribution in [0.25, 0.3) is 11.4 Å². The lowest BCUT2D eigenvalue weighted by molar-refractivity contribution is 0.0902. The Morgan fingerprint density at radius 3 is 2.70 bits per heavy atom. The monoisotopic (exact) mass is 466 g/mol. The van der Waals surface area contributed by atoms with Gasteiger partial charge in [-0.05, 0) is 26.0 Å². The van der Waals surface area contributed by atoms with E-state index < -0.39 is 11.3 Å². The van der Waals surface area contributed by atoms with E-state index in [1.54, 1.807) is 24.0 Å². The zero-order valence-electron chi connectivity index (χ0n) is 18.4. The standard InChI is InChI=1S/C23H23ClN6O3/c1-4-32-22-16(13-26-30(22)3)23(2,17-11-8-12-18(24)27-17)14-25-20(31)21-28-19(29-33-21)15-9-6-5-7-10-15/h5-13H,4,14H2,1-3H3,(H,25,31). The van der Waals surface area contributed by atoms with Crippen molar-refractivity contribution in [1.82, 2.24) is 30.2 Å². The molecular formula is C23H23ClN6O3. The normalized spacial score (nSPS) is 12.8. The summed E-state index contributed by atoms with van der Waals surface area (Å²) in [4.78, 5) is 21.6. The van der Waals surface area contributed by atoms with Crippen molar-refractivity contribution in [3.05, 3.63) is 77.0 Å². The van der Waals surface area contributed by atoms with Crippen LogP contribution in [0.15, 0.2) is 59.3 Å². The van der Waals surface area contributed by atoms with Gasteiger partial charge >= 0.3 is 11.8 Å². The summed E-state index contributed by atoms with van der Waals surface area (Å²) in [6, 6.07) is 14.6. The van der Waals surface area contributed by atoms with Gasteiger partial charge < -0.3 is 14.6 Å². The van der Waals surface area contributed by atoms with Gasteiger partial charge in [0.1, 0.15) is 5.15 Å². The van der Waals surface area contributed by atoms with E-state index in [0.29, 0.717) is 29.2 Å². The van der Waals surface area contributed by atoms with E-state index in [-0.39, 0.29) is 12.4 Å². The zero-order chi connectivity index (χ0) is 23.4. The largest absolute Gasteiger partial charge is 0.478 e. The fourth-order valence-electron chi connectivity index (χ4n) is 3.50. The summed E-state index contributed by atoms with van der Waals surface area (Å²) >= 11 is 6.18. The molecule has 9 nitrogen and oxygen atoms in total. The number of pyridine rings is 1. The molecule has 4 rings (SSSR count). The number of aryl methyl sites for hydroxylation is 1. The van der Waals surface area contributed by atoms with E-state index >= 15 is 0 Å². The van der Waals surface area contributed by atoms with Crippen LogP contribution < -0.4 is 10.1 Å². The Morgan fingerprint density at radius 1 is 1.18 bits per heavy atom. The first-order valence-corrected chi connectivity index (χ1v) is 10.8. The predicted molar refractivity (Wildman–Crippen MR) is 122 cm³/mol. The molecule has 1 N–H and O–H groups in total. The second kappa shape index (κ2) is 9.41. The highest BCUT2D eigenvalue weighted by Gasteiger charge is 2.37. The van der Waals surface area contributed by atoms with Gasteiger partial charge in [0, 0.05) is 24.7 Å². The van der Waals surface area contributed by atoms with E-state index in [9.17, 15) is 4.79 Å². The van der Waals surface area contributed by atoms with Crippen LogP contribution in [-0.2, 0) is 12.5 Å². The molecule has 0 fully saturated rings. The molecule has 3 aromatic heterocycles. The van der Waals surface area contributed by atoms with Gasteiger partial charge in [-0.25, -0.2) is 9.67 Å². The Kier molecular flexibility index (Phi) is 6.41. The predicted octanol–water partition coefficient (Wildman–Crippen LogP) is 3.65. The van der Waals surface area contributed by atoms with Crippen molar-refractivity contribution in [2.24, 2.45) is 7.05 Å². The highest BCUT2D eigenvalue weighted by atomic mass is 35.5.